The van der Waals surface area contributed by atoms with E-state index in [2.05, 4.69) is 10.4 Å². The Morgan fingerprint density at radius 1 is 1.23 bits per heavy atom. The Labute approximate surface area is 183 Å². The van der Waals surface area contributed by atoms with Gasteiger partial charge in [0.05, 0.1) is 12.0 Å². The number of aryl methyl sites for hydroxylation is 1. The summed E-state index contributed by atoms with van der Waals surface area (Å²) >= 11 is 1.66. The summed E-state index contributed by atoms with van der Waals surface area (Å²) in [7, 11) is 0. The Hall–Kier alpha value is -3.07. The maximum absolute atomic E-state index is 13.1. The highest BCUT2D eigenvalue weighted by atomic mass is 32.2. The van der Waals surface area contributed by atoms with Gasteiger partial charge in [-0.15, -0.1) is 0 Å². The summed E-state index contributed by atoms with van der Waals surface area (Å²) in [5, 5.41) is 7.19. The fourth-order valence-corrected chi connectivity index (χ4v) is 4.16. The number of fused-ring (bicyclic) bond motifs is 1. The van der Waals surface area contributed by atoms with Crippen LogP contribution in [-0.2, 0) is 18.8 Å². The molecule has 0 spiro atoms. The van der Waals surface area contributed by atoms with E-state index in [0.717, 1.165) is 29.3 Å². The Bertz CT molecular complexity index is 1030. The van der Waals surface area contributed by atoms with E-state index >= 15 is 0 Å². The van der Waals surface area contributed by atoms with Crippen LogP contribution < -0.4 is 5.32 Å². The molecule has 31 heavy (non-hydrogen) atoms. The van der Waals surface area contributed by atoms with Crippen LogP contribution in [0.5, 0.6) is 0 Å². The van der Waals surface area contributed by atoms with Crippen LogP contribution >= 0.6 is 11.8 Å². The van der Waals surface area contributed by atoms with Crippen molar-refractivity contribution in [3.8, 4) is 0 Å². The maximum Gasteiger partial charge on any atom is 0.272 e. The predicted octanol–water partition coefficient (Wildman–Crippen LogP) is 3.32. The molecule has 3 heterocycles. The predicted molar refractivity (Wildman–Crippen MR) is 115 cm³/mol. The number of halogens is 1. The minimum absolute atomic E-state index is 0.178. The average Bonchev–Trinajstić information content (AvgIpc) is 3.41. The number of hydrogen-bond donors (Lipinski definition) is 1. The molecule has 0 aliphatic carbocycles. The van der Waals surface area contributed by atoms with E-state index in [0.29, 0.717) is 31.9 Å². The Morgan fingerprint density at radius 3 is 2.84 bits per heavy atom. The van der Waals surface area contributed by atoms with Crippen LogP contribution in [-0.4, -0.2) is 45.3 Å². The number of benzene rings is 1. The lowest BCUT2D eigenvalue weighted by molar-refractivity contribution is 0.0745. The molecule has 2 aromatic heterocycles. The molecule has 0 atom stereocenters. The van der Waals surface area contributed by atoms with E-state index in [9.17, 15) is 14.0 Å². The normalized spacial score (nSPS) is 13.7. The Morgan fingerprint density at radius 2 is 2.06 bits per heavy atom. The second kappa shape index (κ2) is 9.82. The Kier molecular flexibility index (Phi) is 6.71. The first-order valence-corrected chi connectivity index (χ1v) is 11.3. The van der Waals surface area contributed by atoms with E-state index in [1.165, 1.54) is 12.1 Å². The summed E-state index contributed by atoms with van der Waals surface area (Å²) in [5.74, 6) is 1.61. The first-order chi connectivity index (χ1) is 15.1. The van der Waals surface area contributed by atoms with Crippen molar-refractivity contribution in [3.63, 3.8) is 0 Å². The lowest BCUT2D eigenvalue weighted by atomic mass is 10.2. The molecular weight excluding hydrogens is 419 g/mol. The summed E-state index contributed by atoms with van der Waals surface area (Å²) in [6.45, 7) is 2.02. The van der Waals surface area contributed by atoms with Crippen molar-refractivity contribution in [1.82, 2.24) is 20.0 Å². The van der Waals surface area contributed by atoms with Gasteiger partial charge in [0.1, 0.15) is 17.3 Å². The highest BCUT2D eigenvalue weighted by Crippen LogP contribution is 2.17. The number of thioether (sulfide) groups is 1. The number of amides is 2. The van der Waals surface area contributed by atoms with Gasteiger partial charge in [-0.25, -0.2) is 4.39 Å². The molecule has 162 valence electrons. The lowest BCUT2D eigenvalue weighted by Crippen LogP contribution is -2.30. The van der Waals surface area contributed by atoms with Gasteiger partial charge in [-0.1, -0.05) is 12.1 Å². The van der Waals surface area contributed by atoms with E-state index in [1.54, 1.807) is 45.8 Å². The fourth-order valence-electron chi connectivity index (χ4n) is 3.40. The quantitative estimate of drug-likeness (QED) is 0.542. The minimum atomic E-state index is -0.306. The van der Waals surface area contributed by atoms with Crippen molar-refractivity contribution >= 4 is 23.6 Å². The van der Waals surface area contributed by atoms with E-state index in [-0.39, 0.29) is 23.3 Å². The van der Waals surface area contributed by atoms with Crippen molar-refractivity contribution in [2.24, 2.45) is 0 Å². The van der Waals surface area contributed by atoms with Gasteiger partial charge >= 0.3 is 0 Å². The Balaban J connectivity index is 1.33. The fraction of sp³-hybridized carbons (Fsp3) is 0.318. The molecule has 9 heteroatoms. The summed E-state index contributed by atoms with van der Waals surface area (Å²) < 4.78 is 20.0. The zero-order chi connectivity index (χ0) is 21.6. The van der Waals surface area contributed by atoms with Crippen LogP contribution in [0.4, 0.5) is 4.39 Å². The molecule has 3 aromatic rings. The van der Waals surface area contributed by atoms with Gasteiger partial charge in [0.25, 0.3) is 11.8 Å². The van der Waals surface area contributed by atoms with Gasteiger partial charge < -0.3 is 14.6 Å². The third-order valence-corrected chi connectivity index (χ3v) is 5.94. The van der Waals surface area contributed by atoms with E-state index in [1.807, 2.05) is 12.1 Å². The van der Waals surface area contributed by atoms with Crippen molar-refractivity contribution in [2.75, 3.05) is 18.8 Å². The summed E-state index contributed by atoms with van der Waals surface area (Å²) in [4.78, 5) is 27.2. The van der Waals surface area contributed by atoms with Crippen LogP contribution in [0, 0.1) is 5.82 Å². The van der Waals surface area contributed by atoms with Crippen molar-refractivity contribution in [1.29, 1.82) is 0 Å². The van der Waals surface area contributed by atoms with Gasteiger partial charge in [0, 0.05) is 38.0 Å². The highest BCUT2D eigenvalue weighted by molar-refractivity contribution is 7.98. The zero-order valence-corrected chi connectivity index (χ0v) is 17.7. The smallest absolute Gasteiger partial charge is 0.272 e. The van der Waals surface area contributed by atoms with Crippen LogP contribution in [0.3, 0.4) is 0 Å². The van der Waals surface area contributed by atoms with Gasteiger partial charge in [0.15, 0.2) is 5.69 Å². The van der Waals surface area contributed by atoms with E-state index < -0.39 is 0 Å². The molecule has 0 fully saturated rings. The lowest BCUT2D eigenvalue weighted by Gasteiger charge is -2.20. The molecule has 1 aromatic carbocycles. The molecule has 0 saturated heterocycles. The number of hydrogen-bond acceptors (Lipinski definition) is 5. The molecule has 1 aliphatic heterocycles. The standard InChI is InChI=1S/C22H23FN4O3S/c23-17-6-4-16(5-7-17)14-26-9-2-10-27-20(22(26)29)13-19(25-27)21(28)24-8-12-31-15-18-3-1-11-30-18/h1,3-7,11,13H,2,8-10,12,14-15H2,(H,24,28). The number of nitrogens with zero attached hydrogens (tertiary/aromatic N) is 3. The molecule has 0 radical (unpaired) electrons. The van der Waals surface area contributed by atoms with Gasteiger partial charge in [-0.05, 0) is 36.2 Å². The SMILES string of the molecule is O=C(NCCSCc1ccco1)c1cc2n(n1)CCCN(Cc1ccc(F)cc1)C2=O. The topological polar surface area (TPSA) is 80.4 Å². The number of furan rings is 1. The third-order valence-electron chi connectivity index (χ3n) is 4.96. The number of carbonyl (C=O) groups is 2. The number of rotatable bonds is 8. The molecule has 1 aliphatic rings. The van der Waals surface area contributed by atoms with Crippen LogP contribution in [0.2, 0.25) is 0 Å². The highest BCUT2D eigenvalue weighted by Gasteiger charge is 2.26. The molecule has 0 saturated carbocycles. The van der Waals surface area contributed by atoms with Gasteiger partial charge in [-0.2, -0.15) is 16.9 Å². The van der Waals surface area contributed by atoms with Crippen LogP contribution in [0.15, 0.2) is 53.1 Å². The molecule has 4 rings (SSSR count). The maximum atomic E-state index is 13.1. The van der Waals surface area contributed by atoms with Crippen molar-refractivity contribution in [2.45, 2.75) is 25.3 Å². The van der Waals surface area contributed by atoms with Crippen LogP contribution in [0.25, 0.3) is 0 Å². The average molecular weight is 443 g/mol. The molecular formula is C22H23FN4O3S. The summed E-state index contributed by atoms with van der Waals surface area (Å²) in [5.41, 5.74) is 1.49. The summed E-state index contributed by atoms with van der Waals surface area (Å²) in [6.07, 6.45) is 2.37. The van der Waals surface area contributed by atoms with Gasteiger partial charge in [0.2, 0.25) is 0 Å². The molecule has 0 unspecified atom stereocenters. The largest absolute Gasteiger partial charge is 0.468 e. The third kappa shape index (κ3) is 5.35. The summed E-state index contributed by atoms with van der Waals surface area (Å²) in [6, 6.07) is 11.4. The first-order valence-electron chi connectivity index (χ1n) is 10.1. The van der Waals surface area contributed by atoms with Crippen molar-refractivity contribution in [3.05, 3.63) is 77.3 Å². The van der Waals surface area contributed by atoms with Crippen molar-refractivity contribution < 1.29 is 18.4 Å². The molecule has 2 amide bonds. The van der Waals surface area contributed by atoms with Crippen LogP contribution in [0.1, 0.15) is 38.7 Å². The zero-order valence-electron chi connectivity index (χ0n) is 16.9. The number of aromatic nitrogens is 2. The monoisotopic (exact) mass is 442 g/mol. The molecule has 7 nitrogen and oxygen atoms in total. The molecule has 1 N–H and O–H groups in total. The van der Waals surface area contributed by atoms with Gasteiger partial charge in [-0.3, -0.25) is 14.3 Å². The second-order valence-electron chi connectivity index (χ2n) is 7.23. The minimum Gasteiger partial charge on any atom is -0.468 e. The number of nitrogens with one attached hydrogen (secondary N) is 1. The molecule has 0 bridgehead atoms. The second-order valence-corrected chi connectivity index (χ2v) is 8.34. The van der Waals surface area contributed by atoms with E-state index in [4.69, 9.17) is 4.42 Å². The first kappa shape index (κ1) is 21.2. The number of carbonyl (C=O) groups excluding carboxylic acids is 2.